The second-order valence-corrected chi connectivity index (χ2v) is 5.47. The van der Waals surface area contributed by atoms with Crippen LogP contribution in [0.5, 0.6) is 0 Å². The van der Waals surface area contributed by atoms with Crippen LogP contribution in [0.2, 0.25) is 0 Å². The third-order valence-corrected chi connectivity index (χ3v) is 3.85. The molecule has 0 unspecified atom stereocenters. The molecule has 3 rings (SSSR count). The quantitative estimate of drug-likeness (QED) is 0.783. The lowest BCUT2D eigenvalue weighted by atomic mass is 10.2. The molecule has 0 amide bonds. The highest BCUT2D eigenvalue weighted by Gasteiger charge is 2.29. The molecule has 1 aromatic carbocycles. The minimum Gasteiger partial charge on any atom is -0.289 e. The van der Waals surface area contributed by atoms with Crippen LogP contribution in [0.4, 0.5) is 0 Å². The molecule has 4 nitrogen and oxygen atoms in total. The lowest BCUT2D eigenvalue weighted by molar-refractivity contribution is 0.271. The fraction of sp³-hybridized carbons (Fsp3) is 0.412. The lowest BCUT2D eigenvalue weighted by Crippen LogP contribution is -2.27. The summed E-state index contributed by atoms with van der Waals surface area (Å²) in [6.45, 7) is 4.84. The molecule has 1 aromatic heterocycles. The standard InChI is InChI=1S/C17H22N4/c1-2-21-17(18-14-19-21)13-20(16-10-11-16)12-6-9-15-7-4-3-5-8-15/h3-9,14,16H,2,10-13H2,1H3. The first-order valence-electron chi connectivity index (χ1n) is 7.69. The molecular formula is C17H22N4. The highest BCUT2D eigenvalue weighted by atomic mass is 15.3. The zero-order valence-electron chi connectivity index (χ0n) is 12.5. The number of nitrogens with zero attached hydrogens (tertiary/aromatic N) is 4. The Morgan fingerprint density at radius 3 is 2.81 bits per heavy atom. The van der Waals surface area contributed by atoms with Gasteiger partial charge in [0.25, 0.3) is 0 Å². The maximum absolute atomic E-state index is 4.39. The van der Waals surface area contributed by atoms with E-state index in [1.807, 2.05) is 10.7 Å². The van der Waals surface area contributed by atoms with E-state index in [1.165, 1.54) is 18.4 Å². The molecule has 0 bridgehead atoms. The molecule has 110 valence electrons. The molecule has 1 aliphatic carbocycles. The van der Waals surface area contributed by atoms with E-state index in [0.29, 0.717) is 6.04 Å². The van der Waals surface area contributed by atoms with Crippen molar-refractivity contribution < 1.29 is 0 Å². The van der Waals surface area contributed by atoms with Gasteiger partial charge < -0.3 is 0 Å². The smallest absolute Gasteiger partial charge is 0.141 e. The molecule has 0 saturated heterocycles. The SMILES string of the molecule is CCn1ncnc1CN(CC=Cc1ccccc1)C1CC1. The van der Waals surface area contributed by atoms with E-state index >= 15 is 0 Å². The van der Waals surface area contributed by atoms with Gasteiger partial charge in [-0.15, -0.1) is 0 Å². The van der Waals surface area contributed by atoms with Crippen LogP contribution >= 0.6 is 0 Å². The van der Waals surface area contributed by atoms with E-state index < -0.39 is 0 Å². The Labute approximate surface area is 126 Å². The highest BCUT2D eigenvalue weighted by Crippen LogP contribution is 2.27. The average molecular weight is 282 g/mol. The van der Waals surface area contributed by atoms with Gasteiger partial charge in [0.15, 0.2) is 0 Å². The van der Waals surface area contributed by atoms with Crippen molar-refractivity contribution >= 4 is 6.08 Å². The van der Waals surface area contributed by atoms with E-state index in [2.05, 4.69) is 58.3 Å². The molecule has 0 N–H and O–H groups in total. The van der Waals surface area contributed by atoms with Crippen molar-refractivity contribution in [3.8, 4) is 0 Å². The van der Waals surface area contributed by atoms with Gasteiger partial charge in [0.2, 0.25) is 0 Å². The van der Waals surface area contributed by atoms with Crippen LogP contribution in [0.3, 0.4) is 0 Å². The number of hydrogen-bond acceptors (Lipinski definition) is 3. The van der Waals surface area contributed by atoms with E-state index in [-0.39, 0.29) is 0 Å². The molecule has 4 heteroatoms. The summed E-state index contributed by atoms with van der Waals surface area (Å²) in [6, 6.07) is 11.2. The number of aromatic nitrogens is 3. The Bertz CT molecular complexity index is 584. The first-order valence-corrected chi connectivity index (χ1v) is 7.69. The second-order valence-electron chi connectivity index (χ2n) is 5.47. The van der Waals surface area contributed by atoms with Crippen molar-refractivity contribution in [1.82, 2.24) is 19.7 Å². The Morgan fingerprint density at radius 1 is 1.29 bits per heavy atom. The molecule has 0 atom stereocenters. The molecule has 1 fully saturated rings. The average Bonchev–Trinajstić information content (AvgIpc) is 3.27. The van der Waals surface area contributed by atoms with E-state index in [9.17, 15) is 0 Å². The van der Waals surface area contributed by atoms with E-state index in [4.69, 9.17) is 0 Å². The van der Waals surface area contributed by atoms with E-state index in [1.54, 1.807) is 6.33 Å². The molecule has 1 aliphatic rings. The van der Waals surface area contributed by atoms with Gasteiger partial charge >= 0.3 is 0 Å². The van der Waals surface area contributed by atoms with Crippen LogP contribution in [0, 0.1) is 0 Å². The first kappa shape index (κ1) is 14.0. The van der Waals surface area contributed by atoms with Gasteiger partial charge in [0.1, 0.15) is 12.2 Å². The van der Waals surface area contributed by atoms with Crippen molar-refractivity contribution in [2.45, 2.75) is 38.9 Å². The molecule has 1 saturated carbocycles. The van der Waals surface area contributed by atoms with Gasteiger partial charge in [-0.25, -0.2) is 9.67 Å². The van der Waals surface area contributed by atoms with Gasteiger partial charge in [-0.2, -0.15) is 5.10 Å². The molecule has 1 heterocycles. The summed E-state index contributed by atoms with van der Waals surface area (Å²) in [5.41, 5.74) is 1.25. The topological polar surface area (TPSA) is 34.0 Å². The monoisotopic (exact) mass is 282 g/mol. The van der Waals surface area contributed by atoms with Gasteiger partial charge in [0, 0.05) is 19.1 Å². The predicted octanol–water partition coefficient (Wildman–Crippen LogP) is 2.98. The van der Waals surface area contributed by atoms with Gasteiger partial charge in [0.05, 0.1) is 6.54 Å². The Balaban J connectivity index is 1.61. The summed E-state index contributed by atoms with van der Waals surface area (Å²) in [5, 5.41) is 4.26. The summed E-state index contributed by atoms with van der Waals surface area (Å²) in [5.74, 6) is 1.07. The third-order valence-electron chi connectivity index (χ3n) is 3.85. The highest BCUT2D eigenvalue weighted by molar-refractivity contribution is 5.48. The zero-order valence-corrected chi connectivity index (χ0v) is 12.5. The third kappa shape index (κ3) is 3.79. The largest absolute Gasteiger partial charge is 0.289 e. The summed E-state index contributed by atoms with van der Waals surface area (Å²) in [4.78, 5) is 6.88. The van der Waals surface area contributed by atoms with Crippen molar-refractivity contribution in [3.63, 3.8) is 0 Å². The van der Waals surface area contributed by atoms with Crippen LogP contribution in [-0.2, 0) is 13.1 Å². The number of aryl methyl sites for hydroxylation is 1. The fourth-order valence-electron chi connectivity index (χ4n) is 2.53. The normalized spacial score (nSPS) is 15.1. The fourth-order valence-corrected chi connectivity index (χ4v) is 2.53. The second kappa shape index (κ2) is 6.68. The van der Waals surface area contributed by atoms with Gasteiger partial charge in [-0.3, -0.25) is 4.90 Å². The van der Waals surface area contributed by atoms with Crippen LogP contribution < -0.4 is 0 Å². The van der Waals surface area contributed by atoms with Crippen LogP contribution in [0.15, 0.2) is 42.7 Å². The molecule has 0 spiro atoms. The number of benzene rings is 1. The van der Waals surface area contributed by atoms with Crippen molar-refractivity contribution in [2.24, 2.45) is 0 Å². The number of hydrogen-bond donors (Lipinski definition) is 0. The van der Waals surface area contributed by atoms with Crippen molar-refractivity contribution in [3.05, 3.63) is 54.1 Å². The minimum atomic E-state index is 0.715. The summed E-state index contributed by atoms with van der Waals surface area (Å²) < 4.78 is 1.98. The molecule has 0 aliphatic heterocycles. The lowest BCUT2D eigenvalue weighted by Gasteiger charge is -2.19. The maximum Gasteiger partial charge on any atom is 0.141 e. The van der Waals surface area contributed by atoms with Crippen molar-refractivity contribution in [2.75, 3.05) is 6.54 Å². The molecular weight excluding hydrogens is 260 g/mol. The summed E-state index contributed by atoms with van der Waals surface area (Å²) >= 11 is 0. The zero-order chi connectivity index (χ0) is 14.5. The number of rotatable bonds is 7. The van der Waals surface area contributed by atoms with Crippen LogP contribution in [-0.4, -0.2) is 32.3 Å². The summed E-state index contributed by atoms with van der Waals surface area (Å²) in [7, 11) is 0. The van der Waals surface area contributed by atoms with Crippen LogP contribution in [0.25, 0.3) is 6.08 Å². The summed E-state index contributed by atoms with van der Waals surface area (Å²) in [6.07, 6.45) is 8.71. The molecule has 2 aromatic rings. The Hall–Kier alpha value is -1.94. The minimum absolute atomic E-state index is 0.715. The first-order chi connectivity index (χ1) is 10.4. The van der Waals surface area contributed by atoms with Crippen molar-refractivity contribution in [1.29, 1.82) is 0 Å². The Kier molecular flexibility index (Phi) is 4.46. The maximum atomic E-state index is 4.39. The van der Waals surface area contributed by atoms with E-state index in [0.717, 1.165) is 25.5 Å². The van der Waals surface area contributed by atoms with Crippen LogP contribution in [0.1, 0.15) is 31.2 Å². The molecule has 0 radical (unpaired) electrons. The predicted molar refractivity (Wildman–Crippen MR) is 84.6 cm³/mol. The van der Waals surface area contributed by atoms with Gasteiger partial charge in [-0.1, -0.05) is 42.5 Å². The van der Waals surface area contributed by atoms with Gasteiger partial charge in [-0.05, 0) is 25.3 Å². The Morgan fingerprint density at radius 2 is 2.10 bits per heavy atom. The molecule has 21 heavy (non-hydrogen) atoms.